The Morgan fingerprint density at radius 2 is 2.18 bits per heavy atom. The number of benzene rings is 1. The lowest BCUT2D eigenvalue weighted by Crippen LogP contribution is -2.30. The van der Waals surface area contributed by atoms with Crippen LogP contribution in [0.15, 0.2) is 42.6 Å². The van der Waals surface area contributed by atoms with Gasteiger partial charge in [-0.15, -0.1) is 0 Å². The molecule has 2 aliphatic heterocycles. The number of fused-ring (bicyclic) bond motifs is 3. The Labute approximate surface area is 197 Å². The predicted octanol–water partition coefficient (Wildman–Crippen LogP) is 4.02. The van der Waals surface area contributed by atoms with Crippen LogP contribution in [0.4, 0.5) is 8.78 Å². The van der Waals surface area contributed by atoms with Gasteiger partial charge in [0, 0.05) is 42.7 Å². The Morgan fingerprint density at radius 3 is 3.06 bits per heavy atom. The van der Waals surface area contributed by atoms with Gasteiger partial charge in [-0.05, 0) is 49.7 Å². The molecule has 2 atom stereocenters. The molecule has 178 valence electrons. The summed E-state index contributed by atoms with van der Waals surface area (Å²) in [5.74, 6) is 1.34. The molecule has 1 saturated heterocycles. The summed E-state index contributed by atoms with van der Waals surface area (Å²) in [6, 6.07) is 7.24. The van der Waals surface area contributed by atoms with E-state index in [4.69, 9.17) is 9.47 Å². The van der Waals surface area contributed by atoms with Gasteiger partial charge in [-0.25, -0.2) is 13.8 Å². The maximum atomic E-state index is 13.7. The highest BCUT2D eigenvalue weighted by Crippen LogP contribution is 2.39. The number of hydrogen-bond donors (Lipinski definition) is 1. The van der Waals surface area contributed by atoms with Crippen LogP contribution in [0.2, 0.25) is 0 Å². The molecule has 5 rings (SSSR count). The lowest BCUT2D eigenvalue weighted by atomic mass is 9.99. The summed E-state index contributed by atoms with van der Waals surface area (Å²) in [4.78, 5) is 11.6. The molecule has 1 fully saturated rings. The quantitative estimate of drug-likeness (QED) is 0.506. The summed E-state index contributed by atoms with van der Waals surface area (Å²) in [5.41, 5.74) is 3.10. The van der Waals surface area contributed by atoms with Crippen molar-refractivity contribution in [2.24, 2.45) is 5.92 Å². The van der Waals surface area contributed by atoms with Crippen LogP contribution in [0.5, 0.6) is 11.6 Å². The van der Waals surface area contributed by atoms with Crippen molar-refractivity contribution in [2.45, 2.75) is 12.3 Å². The van der Waals surface area contributed by atoms with E-state index in [0.717, 1.165) is 67.1 Å². The van der Waals surface area contributed by atoms with Crippen molar-refractivity contribution in [3.8, 4) is 11.6 Å². The van der Waals surface area contributed by atoms with Crippen molar-refractivity contribution in [3.63, 3.8) is 0 Å². The van der Waals surface area contributed by atoms with Gasteiger partial charge >= 0.3 is 0 Å². The second kappa shape index (κ2) is 10.0. The molecule has 0 amide bonds. The van der Waals surface area contributed by atoms with Crippen LogP contribution in [0.1, 0.15) is 23.5 Å². The van der Waals surface area contributed by atoms with Gasteiger partial charge in [-0.1, -0.05) is 12.2 Å². The minimum atomic E-state index is -0.436. The van der Waals surface area contributed by atoms with Gasteiger partial charge in [0.2, 0.25) is 5.88 Å². The first kappa shape index (κ1) is 22.7. The lowest BCUT2D eigenvalue weighted by Gasteiger charge is -2.20. The number of hydrogen-bond acceptors (Lipinski definition) is 6. The Kier molecular flexibility index (Phi) is 6.69. The van der Waals surface area contributed by atoms with E-state index in [0.29, 0.717) is 24.9 Å². The van der Waals surface area contributed by atoms with Gasteiger partial charge in [-0.2, -0.15) is 0 Å². The zero-order valence-electron chi connectivity index (χ0n) is 19.1. The summed E-state index contributed by atoms with van der Waals surface area (Å²) >= 11 is 0. The van der Waals surface area contributed by atoms with Gasteiger partial charge in [0.1, 0.15) is 22.9 Å². The van der Waals surface area contributed by atoms with E-state index in [2.05, 4.69) is 20.2 Å². The number of rotatable bonds is 8. The molecule has 0 spiro atoms. The standard InChI is InChI=1S/C26H28F2N4O2/c1-33-24-7-6-22-26(31-24)25-19(16-34-23(25)13-30-22)15-32-10-8-17(14-32)12-29-9-2-3-18-11-20(27)4-5-21(18)28/h2-7,11,13,17,19,29H,8-10,12,14-16H2,1H3/t17-,19?/m0/s1. The molecular formula is C26H28F2N4O2. The van der Waals surface area contributed by atoms with Crippen LogP contribution in [-0.4, -0.2) is 61.3 Å². The number of methoxy groups -OCH3 is 1. The van der Waals surface area contributed by atoms with Crippen LogP contribution in [0, 0.1) is 17.6 Å². The fourth-order valence-electron chi connectivity index (χ4n) is 4.85. The molecule has 0 radical (unpaired) electrons. The number of ether oxygens (including phenoxy) is 2. The Morgan fingerprint density at radius 1 is 1.26 bits per heavy atom. The molecular weight excluding hydrogens is 438 g/mol. The first-order chi connectivity index (χ1) is 16.6. The first-order valence-electron chi connectivity index (χ1n) is 11.6. The number of likely N-dealkylation sites (tertiary alicyclic amines) is 1. The Hall–Kier alpha value is -3.10. The van der Waals surface area contributed by atoms with E-state index in [1.54, 1.807) is 19.4 Å². The number of nitrogens with one attached hydrogen (secondary N) is 1. The largest absolute Gasteiger partial charge is 0.491 e. The zero-order chi connectivity index (χ0) is 23.5. The minimum Gasteiger partial charge on any atom is -0.491 e. The second-order valence-corrected chi connectivity index (χ2v) is 8.91. The molecule has 0 bridgehead atoms. The Bertz CT molecular complexity index is 1200. The van der Waals surface area contributed by atoms with E-state index < -0.39 is 11.6 Å². The number of pyridine rings is 2. The molecule has 3 aromatic rings. The zero-order valence-corrected chi connectivity index (χ0v) is 19.1. The highest BCUT2D eigenvalue weighted by molar-refractivity contribution is 5.81. The molecule has 1 N–H and O–H groups in total. The lowest BCUT2D eigenvalue weighted by molar-refractivity contribution is 0.261. The highest BCUT2D eigenvalue weighted by Gasteiger charge is 2.32. The molecule has 8 heteroatoms. The number of nitrogens with zero attached hydrogens (tertiary/aromatic N) is 3. The van der Waals surface area contributed by atoms with Crippen molar-refractivity contribution in [2.75, 3.05) is 46.4 Å². The van der Waals surface area contributed by atoms with Crippen molar-refractivity contribution < 1.29 is 18.3 Å². The second-order valence-electron chi connectivity index (χ2n) is 8.91. The smallest absolute Gasteiger partial charge is 0.213 e. The van der Waals surface area contributed by atoms with Crippen molar-refractivity contribution in [1.29, 1.82) is 0 Å². The number of halogens is 2. The SMILES string of the molecule is COc1ccc2ncc3c(c2n1)C(CN1CC[C@@H](CNCC=Cc2cc(F)ccc2F)C1)CO3. The van der Waals surface area contributed by atoms with Crippen molar-refractivity contribution >= 4 is 17.1 Å². The van der Waals surface area contributed by atoms with Crippen molar-refractivity contribution in [3.05, 3.63) is 65.4 Å². The molecule has 2 aromatic heterocycles. The third-order valence-electron chi connectivity index (χ3n) is 6.55. The van der Waals surface area contributed by atoms with Crippen LogP contribution >= 0.6 is 0 Å². The van der Waals surface area contributed by atoms with Crippen molar-refractivity contribution in [1.82, 2.24) is 20.2 Å². The summed E-state index contributed by atoms with van der Waals surface area (Å²) in [5, 5.41) is 3.41. The number of aromatic nitrogens is 2. The Balaban J connectivity index is 1.14. The molecule has 0 aliphatic carbocycles. The summed E-state index contributed by atoms with van der Waals surface area (Å²) in [6.07, 6.45) is 6.37. The van der Waals surface area contributed by atoms with Gasteiger partial charge in [0.05, 0.1) is 25.4 Å². The fraction of sp³-hybridized carbons (Fsp3) is 0.385. The first-order valence-corrected chi connectivity index (χ1v) is 11.6. The minimum absolute atomic E-state index is 0.246. The molecule has 1 aromatic carbocycles. The maximum absolute atomic E-state index is 13.7. The summed E-state index contributed by atoms with van der Waals surface area (Å²) in [6.45, 7) is 5.11. The normalized spacial score (nSPS) is 20.2. The monoisotopic (exact) mass is 466 g/mol. The molecule has 0 saturated carbocycles. The average Bonchev–Trinajstić information content (AvgIpc) is 3.48. The van der Waals surface area contributed by atoms with E-state index in [1.165, 1.54) is 6.07 Å². The van der Waals surface area contributed by atoms with Crippen LogP contribution in [-0.2, 0) is 0 Å². The molecule has 2 aliphatic rings. The third-order valence-corrected chi connectivity index (χ3v) is 6.55. The van der Waals surface area contributed by atoms with E-state index in [1.807, 2.05) is 18.2 Å². The molecule has 1 unspecified atom stereocenters. The molecule has 34 heavy (non-hydrogen) atoms. The van der Waals surface area contributed by atoms with E-state index in [9.17, 15) is 8.78 Å². The molecule has 4 heterocycles. The highest BCUT2D eigenvalue weighted by atomic mass is 19.1. The predicted molar refractivity (Wildman–Crippen MR) is 127 cm³/mol. The van der Waals surface area contributed by atoms with Gasteiger partial charge in [0.15, 0.2) is 0 Å². The van der Waals surface area contributed by atoms with Gasteiger partial charge in [-0.3, -0.25) is 4.98 Å². The fourth-order valence-corrected chi connectivity index (χ4v) is 4.85. The summed E-state index contributed by atoms with van der Waals surface area (Å²) in [7, 11) is 1.62. The van der Waals surface area contributed by atoms with E-state index in [-0.39, 0.29) is 11.5 Å². The average molecular weight is 467 g/mol. The van der Waals surface area contributed by atoms with Crippen LogP contribution in [0.3, 0.4) is 0 Å². The van der Waals surface area contributed by atoms with Crippen LogP contribution < -0.4 is 14.8 Å². The van der Waals surface area contributed by atoms with Gasteiger partial charge < -0.3 is 19.7 Å². The van der Waals surface area contributed by atoms with Gasteiger partial charge in [0.25, 0.3) is 0 Å². The summed E-state index contributed by atoms with van der Waals surface area (Å²) < 4.78 is 38.2. The third kappa shape index (κ3) is 4.88. The maximum Gasteiger partial charge on any atom is 0.213 e. The van der Waals surface area contributed by atoms with E-state index >= 15 is 0 Å². The molecule has 6 nitrogen and oxygen atoms in total. The van der Waals surface area contributed by atoms with Crippen LogP contribution in [0.25, 0.3) is 17.1 Å². The topological polar surface area (TPSA) is 59.5 Å².